The number of carbonyl (C=O) groups is 1. The van der Waals surface area contributed by atoms with E-state index in [4.69, 9.17) is 10.5 Å². The van der Waals surface area contributed by atoms with Gasteiger partial charge in [0, 0.05) is 17.5 Å². The fraction of sp³-hybridized carbons (Fsp3) is 0.345. The normalized spacial score (nSPS) is 15.8. The summed E-state index contributed by atoms with van der Waals surface area (Å²) in [4.78, 5) is 14.6. The van der Waals surface area contributed by atoms with Crippen molar-refractivity contribution < 1.29 is 9.53 Å². The number of nitrogens with zero attached hydrogens (tertiary/aromatic N) is 1. The van der Waals surface area contributed by atoms with Gasteiger partial charge in [-0.05, 0) is 85.3 Å². The van der Waals surface area contributed by atoms with E-state index in [-0.39, 0.29) is 11.3 Å². The fourth-order valence-electron chi connectivity index (χ4n) is 5.50. The third-order valence-electron chi connectivity index (χ3n) is 7.31. The van der Waals surface area contributed by atoms with Crippen LogP contribution in [0.4, 0.5) is 0 Å². The Hall–Kier alpha value is -3.11. The van der Waals surface area contributed by atoms with Gasteiger partial charge >= 0.3 is 0 Å². The summed E-state index contributed by atoms with van der Waals surface area (Å²) in [6.45, 7) is 7.18. The van der Waals surface area contributed by atoms with Crippen LogP contribution in [0, 0.1) is 6.92 Å². The molecule has 0 bridgehead atoms. The number of rotatable bonds is 7. The zero-order chi connectivity index (χ0) is 23.4. The van der Waals surface area contributed by atoms with Crippen molar-refractivity contribution in [3.63, 3.8) is 0 Å². The lowest BCUT2D eigenvalue weighted by atomic mass is 9.65. The Morgan fingerprint density at radius 2 is 1.76 bits per heavy atom. The lowest BCUT2D eigenvalue weighted by molar-refractivity contribution is 0.0999. The zero-order valence-electron chi connectivity index (χ0n) is 19.9. The van der Waals surface area contributed by atoms with Crippen LogP contribution in [0.25, 0.3) is 0 Å². The smallest absolute Gasteiger partial charge is 0.248 e. The summed E-state index contributed by atoms with van der Waals surface area (Å²) in [6, 6.07) is 23.3. The molecule has 0 radical (unpaired) electrons. The predicted octanol–water partition coefficient (Wildman–Crippen LogP) is 5.25. The maximum absolute atomic E-state index is 12.0. The van der Waals surface area contributed by atoms with Gasteiger partial charge in [-0.1, -0.05) is 55.5 Å². The van der Waals surface area contributed by atoms with E-state index < -0.39 is 0 Å². The molecule has 1 heterocycles. The summed E-state index contributed by atoms with van der Waals surface area (Å²) in [5, 5.41) is 0. The van der Waals surface area contributed by atoms with Crippen molar-refractivity contribution in [2.75, 3.05) is 20.2 Å². The van der Waals surface area contributed by atoms with E-state index in [1.165, 1.54) is 22.3 Å². The molecule has 33 heavy (non-hydrogen) atoms. The number of nitrogens with two attached hydrogens (primary N) is 1. The van der Waals surface area contributed by atoms with Gasteiger partial charge in [0.05, 0.1) is 7.11 Å². The van der Waals surface area contributed by atoms with Crippen LogP contribution in [-0.4, -0.2) is 31.0 Å². The van der Waals surface area contributed by atoms with Gasteiger partial charge in [0.1, 0.15) is 5.75 Å². The van der Waals surface area contributed by atoms with Crippen LogP contribution >= 0.6 is 0 Å². The molecule has 0 aromatic heterocycles. The highest BCUT2D eigenvalue weighted by molar-refractivity contribution is 5.94. The van der Waals surface area contributed by atoms with Crippen LogP contribution in [-0.2, 0) is 18.4 Å². The van der Waals surface area contributed by atoms with Gasteiger partial charge in [-0.25, -0.2) is 0 Å². The molecule has 1 aliphatic rings. The average Bonchev–Trinajstić information content (AvgIpc) is 2.85. The molecular formula is C29H34N2O2. The van der Waals surface area contributed by atoms with Crippen LogP contribution in [0.5, 0.6) is 5.75 Å². The van der Waals surface area contributed by atoms with Gasteiger partial charge in [-0.15, -0.1) is 0 Å². The van der Waals surface area contributed by atoms with E-state index in [0.717, 1.165) is 50.2 Å². The van der Waals surface area contributed by atoms with Crippen molar-refractivity contribution in [2.45, 2.75) is 45.1 Å². The third-order valence-corrected chi connectivity index (χ3v) is 7.31. The molecule has 1 amide bonds. The van der Waals surface area contributed by atoms with Crippen molar-refractivity contribution in [3.05, 3.63) is 100 Å². The molecule has 1 aliphatic heterocycles. The molecule has 0 unspecified atom stereocenters. The van der Waals surface area contributed by atoms with Gasteiger partial charge in [-0.3, -0.25) is 9.69 Å². The third kappa shape index (κ3) is 4.53. The molecule has 0 aliphatic carbocycles. The monoisotopic (exact) mass is 442 g/mol. The number of amides is 1. The first-order valence-electron chi connectivity index (χ1n) is 11.8. The van der Waals surface area contributed by atoms with Crippen molar-refractivity contribution >= 4 is 5.91 Å². The Balaban J connectivity index is 1.76. The lowest BCUT2D eigenvalue weighted by Gasteiger charge is -2.44. The summed E-state index contributed by atoms with van der Waals surface area (Å²) in [6.07, 6.45) is 2.88. The molecule has 2 N–H and O–H groups in total. The molecule has 3 aromatic carbocycles. The van der Waals surface area contributed by atoms with Gasteiger partial charge in [0.2, 0.25) is 5.91 Å². The molecule has 0 saturated carbocycles. The number of ether oxygens (including phenoxy) is 1. The standard InChI is InChI=1S/C29H34N2O2/c1-4-25-21(2)26(28(30)32)13-14-27(25)29(23-11-8-12-24(19-23)33-3)15-17-31(18-16-29)20-22-9-6-5-7-10-22/h5-14,19H,4,15-18,20H2,1-3H3,(H2,30,32). The van der Waals surface area contributed by atoms with Crippen LogP contribution < -0.4 is 10.5 Å². The highest BCUT2D eigenvalue weighted by atomic mass is 16.5. The molecule has 172 valence electrons. The van der Waals surface area contributed by atoms with Crippen LogP contribution in [0.1, 0.15) is 57.9 Å². The minimum atomic E-state index is -0.359. The molecule has 4 heteroatoms. The maximum Gasteiger partial charge on any atom is 0.248 e. The van der Waals surface area contributed by atoms with E-state index in [2.05, 4.69) is 66.4 Å². The second-order valence-corrected chi connectivity index (χ2v) is 9.06. The van der Waals surface area contributed by atoms with E-state index in [0.29, 0.717) is 5.56 Å². The molecular weight excluding hydrogens is 408 g/mol. The van der Waals surface area contributed by atoms with Crippen molar-refractivity contribution in [1.82, 2.24) is 4.90 Å². The van der Waals surface area contributed by atoms with E-state index in [9.17, 15) is 4.79 Å². The van der Waals surface area contributed by atoms with E-state index >= 15 is 0 Å². The summed E-state index contributed by atoms with van der Waals surface area (Å²) in [5.41, 5.74) is 12.4. The largest absolute Gasteiger partial charge is 0.497 e. The second-order valence-electron chi connectivity index (χ2n) is 9.06. The summed E-state index contributed by atoms with van der Waals surface area (Å²) < 4.78 is 5.59. The topological polar surface area (TPSA) is 55.6 Å². The van der Waals surface area contributed by atoms with Gasteiger partial charge < -0.3 is 10.5 Å². The Morgan fingerprint density at radius 3 is 2.39 bits per heavy atom. The summed E-state index contributed by atoms with van der Waals surface area (Å²) >= 11 is 0. The number of piperidine rings is 1. The van der Waals surface area contributed by atoms with Crippen LogP contribution in [0.15, 0.2) is 66.7 Å². The highest BCUT2D eigenvalue weighted by Crippen LogP contribution is 2.45. The predicted molar refractivity (Wildman–Crippen MR) is 134 cm³/mol. The number of primary amides is 1. The number of hydrogen-bond acceptors (Lipinski definition) is 3. The maximum atomic E-state index is 12.0. The first-order valence-corrected chi connectivity index (χ1v) is 11.8. The van der Waals surface area contributed by atoms with E-state index in [1.807, 2.05) is 19.1 Å². The second kappa shape index (κ2) is 9.80. The van der Waals surface area contributed by atoms with Crippen LogP contribution in [0.2, 0.25) is 0 Å². The van der Waals surface area contributed by atoms with Crippen molar-refractivity contribution in [3.8, 4) is 5.75 Å². The summed E-state index contributed by atoms with van der Waals surface area (Å²) in [7, 11) is 1.72. The molecule has 0 spiro atoms. The number of methoxy groups -OCH3 is 1. The van der Waals surface area contributed by atoms with Crippen molar-refractivity contribution in [1.29, 1.82) is 0 Å². The van der Waals surface area contributed by atoms with Gasteiger partial charge in [-0.2, -0.15) is 0 Å². The quantitative estimate of drug-likeness (QED) is 0.544. The first kappa shape index (κ1) is 23.1. The molecule has 1 saturated heterocycles. The molecule has 4 rings (SSSR count). The number of hydrogen-bond donors (Lipinski definition) is 1. The molecule has 3 aromatic rings. The summed E-state index contributed by atoms with van der Waals surface area (Å²) in [5.74, 6) is 0.518. The van der Waals surface area contributed by atoms with Gasteiger partial charge in [0.25, 0.3) is 0 Å². The van der Waals surface area contributed by atoms with Crippen LogP contribution in [0.3, 0.4) is 0 Å². The minimum absolute atomic E-state index is 0.131. The Morgan fingerprint density at radius 1 is 1.03 bits per heavy atom. The lowest BCUT2D eigenvalue weighted by Crippen LogP contribution is -2.43. The zero-order valence-corrected chi connectivity index (χ0v) is 19.9. The van der Waals surface area contributed by atoms with Gasteiger partial charge in [0.15, 0.2) is 0 Å². The number of carbonyl (C=O) groups excluding carboxylic acids is 1. The number of likely N-dealkylation sites (tertiary alicyclic amines) is 1. The minimum Gasteiger partial charge on any atom is -0.497 e. The molecule has 4 nitrogen and oxygen atoms in total. The van der Waals surface area contributed by atoms with Crippen molar-refractivity contribution in [2.24, 2.45) is 5.73 Å². The fourth-order valence-corrected chi connectivity index (χ4v) is 5.50. The Labute approximate surface area is 197 Å². The first-order chi connectivity index (χ1) is 16.0. The van der Waals surface area contributed by atoms with E-state index in [1.54, 1.807) is 7.11 Å². The number of benzene rings is 3. The Kier molecular flexibility index (Phi) is 6.85. The molecule has 0 atom stereocenters. The highest BCUT2D eigenvalue weighted by Gasteiger charge is 2.40. The SMILES string of the molecule is CCc1c(C2(c3cccc(OC)c3)CCN(Cc3ccccc3)CC2)ccc(C(N)=O)c1C. The Bertz CT molecular complexity index is 1120. The molecule has 1 fully saturated rings. The average molecular weight is 443 g/mol.